The number of ether oxygens (including phenoxy) is 2. The summed E-state index contributed by atoms with van der Waals surface area (Å²) >= 11 is 0. The third kappa shape index (κ3) is 5.83. The van der Waals surface area contributed by atoms with Gasteiger partial charge in [-0.15, -0.1) is 0 Å². The SMILES string of the molecule is CN=CC(=CN)c1cc(Nc2nc(Nc3ccc4nccnc4c3P(C)C)c3cc[nH]c3n2)c(OC)cc1N1CCC2(CC1)COC2. The topological polar surface area (TPSA) is 151 Å². The monoisotopic (exact) mass is 650 g/mol. The maximum Gasteiger partial charge on any atom is 0.231 e. The number of fused-ring (bicyclic) bond motifs is 2. The second-order valence-electron chi connectivity index (χ2n) is 12.2. The number of methoxy groups -OCH3 is 1. The van der Waals surface area contributed by atoms with Gasteiger partial charge in [-0.05, 0) is 50.4 Å². The molecule has 0 atom stereocenters. The molecule has 3 aromatic heterocycles. The van der Waals surface area contributed by atoms with Gasteiger partial charge in [-0.25, -0.2) is 0 Å². The quantitative estimate of drug-likeness (QED) is 0.121. The van der Waals surface area contributed by atoms with E-state index in [1.54, 1.807) is 39.0 Å². The molecule has 242 valence electrons. The molecule has 2 aromatic carbocycles. The summed E-state index contributed by atoms with van der Waals surface area (Å²) in [6.45, 7) is 7.99. The van der Waals surface area contributed by atoms with E-state index in [0.717, 1.165) is 83.4 Å². The van der Waals surface area contributed by atoms with Crippen molar-refractivity contribution in [3.8, 4) is 5.75 Å². The summed E-state index contributed by atoms with van der Waals surface area (Å²) in [5.74, 6) is 1.74. The molecule has 0 amide bonds. The molecule has 0 saturated carbocycles. The van der Waals surface area contributed by atoms with E-state index in [0.29, 0.717) is 34.3 Å². The Morgan fingerprint density at radius 3 is 2.60 bits per heavy atom. The summed E-state index contributed by atoms with van der Waals surface area (Å²) in [5.41, 5.74) is 13.4. The lowest BCUT2D eigenvalue weighted by atomic mass is 9.76. The smallest absolute Gasteiger partial charge is 0.231 e. The molecular formula is C34H39N10O2P. The Bertz CT molecular complexity index is 1990. The number of aromatic amines is 1. The molecule has 1 spiro atoms. The molecule has 5 N–H and O–H groups in total. The van der Waals surface area contributed by atoms with E-state index < -0.39 is 7.92 Å². The first-order valence-corrected chi connectivity index (χ1v) is 17.8. The number of aliphatic imine (C=N–C) groups is 1. The van der Waals surface area contributed by atoms with Gasteiger partial charge in [-0.1, -0.05) is 7.92 Å². The minimum absolute atomic E-state index is 0.316. The molecule has 2 fully saturated rings. The van der Waals surface area contributed by atoms with E-state index in [-0.39, 0.29) is 0 Å². The van der Waals surface area contributed by atoms with Crippen molar-refractivity contribution >= 4 is 75.9 Å². The van der Waals surface area contributed by atoms with Crippen LogP contribution in [0.4, 0.5) is 28.8 Å². The number of nitrogens with one attached hydrogen (secondary N) is 3. The second-order valence-corrected chi connectivity index (χ2v) is 14.5. The molecule has 12 nitrogen and oxygen atoms in total. The number of hydrogen-bond donors (Lipinski definition) is 4. The highest BCUT2D eigenvalue weighted by Gasteiger charge is 2.41. The Morgan fingerprint density at radius 1 is 1.09 bits per heavy atom. The van der Waals surface area contributed by atoms with Gasteiger partial charge >= 0.3 is 0 Å². The zero-order valence-corrected chi connectivity index (χ0v) is 27.9. The summed E-state index contributed by atoms with van der Waals surface area (Å²) in [6, 6.07) is 10.1. The van der Waals surface area contributed by atoms with Crippen molar-refractivity contribution in [3.63, 3.8) is 0 Å². The van der Waals surface area contributed by atoms with Gasteiger partial charge in [-0.3, -0.25) is 15.0 Å². The molecule has 5 heterocycles. The summed E-state index contributed by atoms with van der Waals surface area (Å²) in [7, 11) is 2.91. The molecule has 0 aliphatic carbocycles. The molecule has 7 rings (SSSR count). The van der Waals surface area contributed by atoms with E-state index in [9.17, 15) is 0 Å². The Kier molecular flexibility index (Phi) is 8.38. The van der Waals surface area contributed by atoms with E-state index in [1.807, 2.05) is 30.5 Å². The molecule has 0 unspecified atom stereocenters. The average Bonchev–Trinajstić information content (AvgIpc) is 3.55. The molecule has 2 aliphatic heterocycles. The molecule has 0 bridgehead atoms. The predicted octanol–water partition coefficient (Wildman–Crippen LogP) is 5.38. The van der Waals surface area contributed by atoms with Crippen LogP contribution in [0.15, 0.2) is 60.1 Å². The van der Waals surface area contributed by atoms with Crippen LogP contribution in [0.3, 0.4) is 0 Å². The standard InChI is InChI=1S/C34H39N10O2P/c1-36-18-21(17-35)23-15-26(28(45-2)16-27(23)44-13-8-34(9-14-44)19-46-20-34)41-33-42-31-22(7-10-39-31)32(43-33)40-25-6-5-24-29(30(25)47(3)4)38-12-11-37-24/h5-7,10-12,15-18H,8-9,13-14,19-20,35H2,1-4H3,(H3,39,40,41,42,43). The number of nitrogens with two attached hydrogens (primary N) is 1. The lowest BCUT2D eigenvalue weighted by Crippen LogP contribution is -2.51. The van der Waals surface area contributed by atoms with Gasteiger partial charge in [0.25, 0.3) is 0 Å². The number of H-pyrrole nitrogens is 1. The first-order valence-electron chi connectivity index (χ1n) is 15.6. The van der Waals surface area contributed by atoms with Gasteiger partial charge in [0.1, 0.15) is 17.2 Å². The number of aromatic nitrogens is 5. The first kappa shape index (κ1) is 30.8. The number of benzene rings is 2. The predicted molar refractivity (Wildman–Crippen MR) is 193 cm³/mol. The summed E-state index contributed by atoms with van der Waals surface area (Å²) in [6.07, 6.45) is 10.9. The highest BCUT2D eigenvalue weighted by molar-refractivity contribution is 7.65. The third-order valence-electron chi connectivity index (χ3n) is 9.03. The zero-order valence-electron chi connectivity index (χ0n) is 27.0. The summed E-state index contributed by atoms with van der Waals surface area (Å²) < 4.78 is 11.5. The number of piperidine rings is 1. The molecule has 47 heavy (non-hydrogen) atoms. The molecule has 2 saturated heterocycles. The van der Waals surface area contributed by atoms with Crippen molar-refractivity contribution in [2.45, 2.75) is 12.8 Å². The van der Waals surface area contributed by atoms with Crippen LogP contribution in [0.1, 0.15) is 18.4 Å². The van der Waals surface area contributed by atoms with E-state index in [1.165, 1.54) is 0 Å². The maximum atomic E-state index is 6.16. The first-order chi connectivity index (χ1) is 22.9. The maximum absolute atomic E-state index is 6.16. The number of anilines is 5. The van der Waals surface area contributed by atoms with Crippen LogP contribution in [0.2, 0.25) is 0 Å². The van der Waals surface area contributed by atoms with Crippen molar-refractivity contribution < 1.29 is 9.47 Å². The van der Waals surface area contributed by atoms with E-state index >= 15 is 0 Å². The highest BCUT2D eigenvalue weighted by Crippen LogP contribution is 2.43. The van der Waals surface area contributed by atoms with Gasteiger partial charge in [-0.2, -0.15) is 9.97 Å². The Balaban J connectivity index is 1.27. The van der Waals surface area contributed by atoms with Crippen molar-refractivity contribution in [2.75, 3.05) is 69.3 Å². The molecule has 5 aromatic rings. The van der Waals surface area contributed by atoms with E-state index in [2.05, 4.69) is 54.9 Å². The molecule has 13 heteroatoms. The zero-order chi connectivity index (χ0) is 32.5. The van der Waals surface area contributed by atoms with Gasteiger partial charge in [0.2, 0.25) is 5.95 Å². The number of hydrogen-bond acceptors (Lipinski definition) is 11. The third-order valence-corrected chi connectivity index (χ3v) is 10.4. The summed E-state index contributed by atoms with van der Waals surface area (Å²) in [4.78, 5) is 28.9. The largest absolute Gasteiger partial charge is 0.494 e. The van der Waals surface area contributed by atoms with E-state index in [4.69, 9.17) is 25.2 Å². The molecule has 0 radical (unpaired) electrons. The second kappa shape index (κ2) is 12.8. The van der Waals surface area contributed by atoms with Crippen molar-refractivity contribution in [1.82, 2.24) is 24.9 Å². The lowest BCUT2D eigenvalue weighted by molar-refractivity contribution is -0.124. The van der Waals surface area contributed by atoms with Crippen LogP contribution in [0.5, 0.6) is 5.75 Å². The summed E-state index contributed by atoms with van der Waals surface area (Å²) in [5, 5.41) is 9.05. The van der Waals surface area contributed by atoms with Gasteiger partial charge < -0.3 is 35.7 Å². The lowest BCUT2D eigenvalue weighted by Gasteiger charge is -2.48. The fourth-order valence-corrected chi connectivity index (χ4v) is 7.70. The Labute approximate surface area is 274 Å². The number of rotatable bonds is 9. The van der Waals surface area contributed by atoms with Crippen molar-refractivity contribution in [3.05, 3.63) is 60.7 Å². The Morgan fingerprint density at radius 2 is 1.89 bits per heavy atom. The van der Waals surface area contributed by atoms with Crippen LogP contribution in [-0.4, -0.2) is 84.9 Å². The van der Waals surface area contributed by atoms with Gasteiger partial charge in [0, 0.05) is 90.4 Å². The average molecular weight is 651 g/mol. The minimum Gasteiger partial charge on any atom is -0.494 e. The van der Waals surface area contributed by atoms with Crippen LogP contribution in [0.25, 0.3) is 27.6 Å². The van der Waals surface area contributed by atoms with Crippen molar-refractivity contribution in [1.29, 1.82) is 0 Å². The molecule has 2 aliphatic rings. The van der Waals surface area contributed by atoms with Crippen LogP contribution < -0.4 is 31.3 Å². The van der Waals surface area contributed by atoms with Crippen LogP contribution in [-0.2, 0) is 4.74 Å². The van der Waals surface area contributed by atoms with Crippen LogP contribution in [0, 0.1) is 5.41 Å². The molecular weight excluding hydrogens is 611 g/mol. The number of allylic oxidation sites excluding steroid dienone is 1. The van der Waals surface area contributed by atoms with Gasteiger partial charge in [0.15, 0.2) is 0 Å². The van der Waals surface area contributed by atoms with Crippen LogP contribution >= 0.6 is 7.92 Å². The fourth-order valence-electron chi connectivity index (χ4n) is 6.49. The highest BCUT2D eigenvalue weighted by atomic mass is 31.1. The normalized spacial score (nSPS) is 16.4. The fraction of sp³-hybridized carbons (Fsp3) is 0.324. The van der Waals surface area contributed by atoms with Gasteiger partial charge in [0.05, 0.1) is 42.4 Å². The number of nitrogens with zero attached hydrogens (tertiary/aromatic N) is 6. The Hall–Kier alpha value is -4.80. The minimum atomic E-state index is -0.510. The van der Waals surface area contributed by atoms with Crippen molar-refractivity contribution in [2.24, 2.45) is 16.1 Å².